The van der Waals surface area contributed by atoms with E-state index in [9.17, 15) is 4.79 Å². The Kier molecular flexibility index (Phi) is 5.28. The highest BCUT2D eigenvalue weighted by molar-refractivity contribution is 9.10. The van der Waals surface area contributed by atoms with Crippen LogP contribution in [0.5, 0.6) is 11.5 Å². The molecule has 0 spiro atoms. The van der Waals surface area contributed by atoms with Crippen LogP contribution >= 0.6 is 15.9 Å². The van der Waals surface area contributed by atoms with Gasteiger partial charge in [0.05, 0.1) is 19.9 Å². The van der Waals surface area contributed by atoms with Gasteiger partial charge < -0.3 is 19.4 Å². The molecule has 0 radical (unpaired) electrons. The molecule has 5 nitrogen and oxygen atoms in total. The maximum atomic E-state index is 12.3. The van der Waals surface area contributed by atoms with Crippen LogP contribution in [0.15, 0.2) is 53.1 Å². The number of ether oxygens (including phenoxy) is 2. The minimum atomic E-state index is -0.0802. The number of nitrogens with zero attached hydrogens (tertiary/aromatic N) is 1. The predicted octanol–water partition coefficient (Wildman–Crippen LogP) is 4.45. The van der Waals surface area contributed by atoms with Crippen molar-refractivity contribution in [3.05, 3.63) is 53.1 Å². The molecular formula is C19H19BrN2O3. The van der Waals surface area contributed by atoms with Gasteiger partial charge in [-0.3, -0.25) is 4.79 Å². The van der Waals surface area contributed by atoms with E-state index < -0.39 is 0 Å². The highest BCUT2D eigenvalue weighted by Crippen LogP contribution is 2.29. The number of rotatable bonds is 6. The molecule has 3 rings (SSSR count). The summed E-state index contributed by atoms with van der Waals surface area (Å²) in [5.74, 6) is 1.19. The van der Waals surface area contributed by atoms with Gasteiger partial charge in [0.25, 0.3) is 0 Å². The van der Waals surface area contributed by atoms with Crippen LogP contribution < -0.4 is 14.8 Å². The second-order valence-electron chi connectivity index (χ2n) is 5.55. The summed E-state index contributed by atoms with van der Waals surface area (Å²) in [6, 6.07) is 13.4. The molecule has 0 bridgehead atoms. The van der Waals surface area contributed by atoms with Crippen molar-refractivity contribution in [3.8, 4) is 11.5 Å². The van der Waals surface area contributed by atoms with Crippen molar-refractivity contribution in [1.29, 1.82) is 0 Å². The number of aromatic nitrogens is 1. The van der Waals surface area contributed by atoms with E-state index in [0.717, 1.165) is 15.4 Å². The number of hydrogen-bond acceptors (Lipinski definition) is 3. The minimum Gasteiger partial charge on any atom is -0.497 e. The van der Waals surface area contributed by atoms with Crippen LogP contribution in [0, 0.1) is 0 Å². The van der Waals surface area contributed by atoms with Crippen LogP contribution in [0.4, 0.5) is 5.69 Å². The number of benzene rings is 2. The molecule has 0 aliphatic carbocycles. The number of nitrogens with one attached hydrogen (secondary N) is 1. The monoisotopic (exact) mass is 402 g/mol. The highest BCUT2D eigenvalue weighted by Gasteiger charge is 2.10. The van der Waals surface area contributed by atoms with Gasteiger partial charge in [-0.05, 0) is 30.3 Å². The largest absolute Gasteiger partial charge is 0.497 e. The van der Waals surface area contributed by atoms with Crippen molar-refractivity contribution in [3.63, 3.8) is 0 Å². The normalized spacial score (nSPS) is 10.7. The van der Waals surface area contributed by atoms with Gasteiger partial charge in [-0.15, -0.1) is 0 Å². The fourth-order valence-corrected chi connectivity index (χ4v) is 3.22. The van der Waals surface area contributed by atoms with Crippen molar-refractivity contribution in [2.75, 3.05) is 19.5 Å². The van der Waals surface area contributed by atoms with Crippen LogP contribution in [0.3, 0.4) is 0 Å². The second-order valence-corrected chi connectivity index (χ2v) is 6.40. The lowest BCUT2D eigenvalue weighted by Gasteiger charge is -2.12. The molecule has 0 saturated heterocycles. The van der Waals surface area contributed by atoms with Crippen molar-refractivity contribution in [2.24, 2.45) is 0 Å². The Bertz CT molecular complexity index is 905. The summed E-state index contributed by atoms with van der Waals surface area (Å²) >= 11 is 3.55. The van der Waals surface area contributed by atoms with Crippen LogP contribution in [-0.2, 0) is 11.3 Å². The number of carbonyl (C=O) groups excluding carboxylic acids is 1. The Hall–Kier alpha value is -2.47. The third-order valence-corrected chi connectivity index (χ3v) is 4.71. The van der Waals surface area contributed by atoms with E-state index >= 15 is 0 Å². The van der Waals surface area contributed by atoms with E-state index in [1.54, 1.807) is 32.4 Å². The zero-order valence-corrected chi connectivity index (χ0v) is 15.7. The zero-order valence-electron chi connectivity index (χ0n) is 14.1. The third-order valence-electron chi connectivity index (χ3n) is 4.02. The van der Waals surface area contributed by atoms with E-state index in [1.165, 1.54) is 0 Å². The number of methoxy groups -OCH3 is 2. The van der Waals surface area contributed by atoms with Gasteiger partial charge in [-0.25, -0.2) is 0 Å². The molecule has 1 heterocycles. The van der Waals surface area contributed by atoms with Gasteiger partial charge in [0.2, 0.25) is 5.91 Å². The quantitative estimate of drug-likeness (QED) is 0.662. The van der Waals surface area contributed by atoms with E-state index in [2.05, 4.69) is 25.8 Å². The topological polar surface area (TPSA) is 52.5 Å². The van der Waals surface area contributed by atoms with E-state index in [0.29, 0.717) is 30.2 Å². The van der Waals surface area contributed by atoms with Crippen LogP contribution in [0.2, 0.25) is 0 Å². The molecule has 0 fully saturated rings. The SMILES string of the molecule is COc1ccc(OC)c(NC(=O)CCn2ccc3c(Br)cccc32)c1. The summed E-state index contributed by atoms with van der Waals surface area (Å²) in [4.78, 5) is 12.3. The van der Waals surface area contributed by atoms with Crippen molar-refractivity contribution in [1.82, 2.24) is 4.57 Å². The Balaban J connectivity index is 1.70. The lowest BCUT2D eigenvalue weighted by Crippen LogP contribution is -2.15. The molecule has 1 aromatic heterocycles. The lowest BCUT2D eigenvalue weighted by atomic mass is 10.2. The standard InChI is InChI=1S/C19H19BrN2O3/c1-24-13-6-7-18(25-2)16(12-13)21-19(23)9-11-22-10-8-14-15(20)4-3-5-17(14)22/h3-8,10,12H,9,11H2,1-2H3,(H,21,23). The molecule has 1 N–H and O–H groups in total. The number of hydrogen-bond donors (Lipinski definition) is 1. The van der Waals surface area contributed by atoms with E-state index in [1.807, 2.05) is 30.5 Å². The van der Waals surface area contributed by atoms with Crippen molar-refractivity contribution >= 4 is 38.4 Å². The smallest absolute Gasteiger partial charge is 0.226 e. The molecule has 0 saturated carbocycles. The first-order valence-electron chi connectivity index (χ1n) is 7.87. The Morgan fingerprint density at radius 1 is 1.16 bits per heavy atom. The molecule has 1 amide bonds. The summed E-state index contributed by atoms with van der Waals surface area (Å²) < 4.78 is 13.6. The van der Waals surface area contributed by atoms with Gasteiger partial charge in [-0.2, -0.15) is 0 Å². The first kappa shape index (κ1) is 17.4. The molecule has 6 heteroatoms. The second kappa shape index (κ2) is 7.61. The molecular weight excluding hydrogens is 384 g/mol. The number of aryl methyl sites for hydroxylation is 1. The summed E-state index contributed by atoms with van der Waals surface area (Å²) in [5, 5.41) is 4.03. The molecule has 0 atom stereocenters. The first-order valence-corrected chi connectivity index (χ1v) is 8.67. The number of fused-ring (bicyclic) bond motifs is 1. The average Bonchev–Trinajstić information content (AvgIpc) is 3.04. The molecule has 0 unspecified atom stereocenters. The summed E-state index contributed by atoms with van der Waals surface area (Å²) in [6.45, 7) is 0.595. The molecule has 0 aliphatic rings. The van der Waals surface area contributed by atoms with Gasteiger partial charge in [-0.1, -0.05) is 22.0 Å². The molecule has 0 aliphatic heterocycles. The summed E-state index contributed by atoms with van der Waals surface area (Å²) in [7, 11) is 3.16. The highest BCUT2D eigenvalue weighted by atomic mass is 79.9. The molecule has 2 aromatic carbocycles. The molecule has 3 aromatic rings. The average molecular weight is 403 g/mol. The zero-order chi connectivity index (χ0) is 17.8. The Morgan fingerprint density at radius 2 is 2.00 bits per heavy atom. The van der Waals surface area contributed by atoms with E-state index in [-0.39, 0.29) is 5.91 Å². The minimum absolute atomic E-state index is 0.0802. The third kappa shape index (κ3) is 3.79. The molecule has 130 valence electrons. The summed E-state index contributed by atoms with van der Waals surface area (Å²) in [5.41, 5.74) is 1.70. The Labute approximate surface area is 154 Å². The lowest BCUT2D eigenvalue weighted by molar-refractivity contribution is -0.116. The van der Waals surface area contributed by atoms with Gasteiger partial charge in [0.1, 0.15) is 11.5 Å². The van der Waals surface area contributed by atoms with Crippen LogP contribution in [0.1, 0.15) is 6.42 Å². The predicted molar refractivity (Wildman–Crippen MR) is 102 cm³/mol. The number of carbonyl (C=O) groups is 1. The fourth-order valence-electron chi connectivity index (χ4n) is 2.73. The van der Waals surface area contributed by atoms with E-state index in [4.69, 9.17) is 9.47 Å². The maximum Gasteiger partial charge on any atom is 0.226 e. The van der Waals surface area contributed by atoms with Crippen molar-refractivity contribution in [2.45, 2.75) is 13.0 Å². The molecule has 25 heavy (non-hydrogen) atoms. The fraction of sp³-hybridized carbons (Fsp3) is 0.211. The van der Waals surface area contributed by atoms with Gasteiger partial charge in [0.15, 0.2) is 0 Å². The first-order chi connectivity index (χ1) is 12.1. The van der Waals surface area contributed by atoms with Gasteiger partial charge >= 0.3 is 0 Å². The van der Waals surface area contributed by atoms with Crippen molar-refractivity contribution < 1.29 is 14.3 Å². The van der Waals surface area contributed by atoms with Crippen LogP contribution in [-0.4, -0.2) is 24.7 Å². The van der Waals surface area contributed by atoms with Crippen LogP contribution in [0.25, 0.3) is 10.9 Å². The maximum absolute atomic E-state index is 12.3. The number of anilines is 1. The van der Waals surface area contributed by atoms with Gasteiger partial charge in [0, 0.05) is 40.6 Å². The number of halogens is 1. The Morgan fingerprint density at radius 3 is 2.76 bits per heavy atom. The number of amides is 1. The summed E-state index contributed by atoms with van der Waals surface area (Å²) in [6.07, 6.45) is 2.35.